The zero-order valence-electron chi connectivity index (χ0n) is 14.0. The second-order valence-corrected chi connectivity index (χ2v) is 6.69. The van der Waals surface area contributed by atoms with E-state index in [2.05, 4.69) is 28.9 Å². The van der Waals surface area contributed by atoms with Gasteiger partial charge in [0.25, 0.3) is 0 Å². The lowest BCUT2D eigenvalue weighted by Crippen LogP contribution is -2.31. The predicted molar refractivity (Wildman–Crippen MR) is 99.7 cm³/mol. The van der Waals surface area contributed by atoms with E-state index in [9.17, 15) is 4.79 Å². The van der Waals surface area contributed by atoms with Gasteiger partial charge < -0.3 is 9.64 Å². The van der Waals surface area contributed by atoms with Crippen LogP contribution in [0, 0.1) is 0 Å². The maximum Gasteiger partial charge on any atom is 0.324 e. The number of halogens is 1. The monoisotopic (exact) mass is 388 g/mol. The van der Waals surface area contributed by atoms with E-state index in [0.29, 0.717) is 13.1 Å². The van der Waals surface area contributed by atoms with Crippen LogP contribution in [0.4, 0.5) is 10.5 Å². The molecule has 0 aromatic heterocycles. The van der Waals surface area contributed by atoms with Crippen molar-refractivity contribution < 1.29 is 9.53 Å². The summed E-state index contributed by atoms with van der Waals surface area (Å²) in [7, 11) is 1.65. The fourth-order valence-electron chi connectivity index (χ4n) is 2.96. The molecule has 1 aliphatic rings. The number of nitrogens with zero attached hydrogens (tertiary/aromatic N) is 2. The van der Waals surface area contributed by atoms with Gasteiger partial charge in [-0.2, -0.15) is 0 Å². The van der Waals surface area contributed by atoms with Gasteiger partial charge >= 0.3 is 6.03 Å². The molecular formula is C19H21BrN2O2. The summed E-state index contributed by atoms with van der Waals surface area (Å²) in [6.07, 6.45) is 0.935. The highest BCUT2D eigenvalue weighted by molar-refractivity contribution is 9.10. The fraction of sp³-hybridized carbons (Fsp3) is 0.316. The highest BCUT2D eigenvalue weighted by atomic mass is 79.9. The lowest BCUT2D eigenvalue weighted by Gasteiger charge is -2.20. The number of anilines is 1. The maximum atomic E-state index is 12.8. The van der Waals surface area contributed by atoms with Crippen LogP contribution in [0.15, 0.2) is 46.9 Å². The van der Waals surface area contributed by atoms with Gasteiger partial charge in [0.05, 0.1) is 7.11 Å². The number of benzene rings is 2. The molecule has 1 heterocycles. The fourth-order valence-corrected chi connectivity index (χ4v) is 3.49. The summed E-state index contributed by atoms with van der Waals surface area (Å²) in [6.45, 7) is 4.16. The van der Waals surface area contributed by atoms with E-state index >= 15 is 0 Å². The molecular weight excluding hydrogens is 368 g/mol. The lowest BCUT2D eigenvalue weighted by atomic mass is 10.1. The first-order valence-electron chi connectivity index (χ1n) is 8.10. The van der Waals surface area contributed by atoms with Crippen molar-refractivity contribution in [3.63, 3.8) is 0 Å². The van der Waals surface area contributed by atoms with Gasteiger partial charge in [-0.15, -0.1) is 0 Å². The molecule has 0 radical (unpaired) electrons. The Hall–Kier alpha value is -2.01. The van der Waals surface area contributed by atoms with Crippen molar-refractivity contribution in [2.24, 2.45) is 0 Å². The largest absolute Gasteiger partial charge is 0.497 e. The van der Waals surface area contributed by atoms with E-state index in [0.717, 1.165) is 34.4 Å². The van der Waals surface area contributed by atoms with Crippen LogP contribution in [-0.2, 0) is 13.0 Å². The summed E-state index contributed by atoms with van der Waals surface area (Å²) in [5.74, 6) is 0.816. The summed E-state index contributed by atoms with van der Waals surface area (Å²) in [4.78, 5) is 16.5. The minimum absolute atomic E-state index is 0.0576. The van der Waals surface area contributed by atoms with E-state index in [1.807, 2.05) is 46.2 Å². The molecule has 4 nitrogen and oxygen atoms in total. The van der Waals surface area contributed by atoms with Crippen LogP contribution < -0.4 is 9.64 Å². The third-order valence-corrected chi connectivity index (χ3v) is 5.10. The first-order valence-corrected chi connectivity index (χ1v) is 8.89. The number of carbonyl (C=O) groups excluding carboxylic acids is 1. The van der Waals surface area contributed by atoms with Gasteiger partial charge in [0, 0.05) is 29.8 Å². The van der Waals surface area contributed by atoms with Crippen molar-refractivity contribution in [3.8, 4) is 5.75 Å². The van der Waals surface area contributed by atoms with E-state index in [4.69, 9.17) is 4.74 Å². The first-order chi connectivity index (χ1) is 11.6. The Bertz CT molecular complexity index is 748. The third kappa shape index (κ3) is 3.41. The molecule has 1 saturated heterocycles. The van der Waals surface area contributed by atoms with Crippen molar-refractivity contribution in [1.82, 2.24) is 4.90 Å². The number of ether oxygens (including phenoxy) is 1. The van der Waals surface area contributed by atoms with E-state index in [-0.39, 0.29) is 6.03 Å². The van der Waals surface area contributed by atoms with Gasteiger partial charge in [0.2, 0.25) is 0 Å². The third-order valence-electron chi connectivity index (χ3n) is 4.32. The van der Waals surface area contributed by atoms with Crippen molar-refractivity contribution in [3.05, 3.63) is 58.1 Å². The number of amides is 2. The number of hydrogen-bond donors (Lipinski definition) is 0. The number of rotatable bonds is 5. The predicted octanol–water partition coefficient (Wildman–Crippen LogP) is 4.46. The molecule has 2 aromatic rings. The summed E-state index contributed by atoms with van der Waals surface area (Å²) >= 11 is 3.56. The van der Waals surface area contributed by atoms with Crippen molar-refractivity contribution in [2.45, 2.75) is 19.9 Å². The number of hydrogen-bond acceptors (Lipinski definition) is 2. The maximum absolute atomic E-state index is 12.8. The summed E-state index contributed by atoms with van der Waals surface area (Å²) in [5.41, 5.74) is 3.26. The molecule has 0 spiro atoms. The van der Waals surface area contributed by atoms with Gasteiger partial charge in [0.1, 0.15) is 5.75 Å². The van der Waals surface area contributed by atoms with Crippen LogP contribution >= 0.6 is 15.9 Å². The molecule has 0 N–H and O–H groups in total. The molecule has 1 fully saturated rings. The number of carbonyl (C=O) groups is 1. The van der Waals surface area contributed by atoms with E-state index in [1.54, 1.807) is 7.11 Å². The van der Waals surface area contributed by atoms with Crippen molar-refractivity contribution in [1.29, 1.82) is 0 Å². The second-order valence-electron chi connectivity index (χ2n) is 5.84. The average Bonchev–Trinajstić information content (AvgIpc) is 2.96. The summed E-state index contributed by atoms with van der Waals surface area (Å²) < 4.78 is 6.35. The molecule has 2 amide bonds. The lowest BCUT2D eigenvalue weighted by molar-refractivity contribution is 0.218. The minimum atomic E-state index is 0.0576. The van der Waals surface area contributed by atoms with Crippen LogP contribution in [0.25, 0.3) is 0 Å². The number of methoxy groups -OCH3 is 1. The van der Waals surface area contributed by atoms with Crippen molar-refractivity contribution in [2.75, 3.05) is 25.1 Å². The van der Waals surface area contributed by atoms with Gasteiger partial charge in [-0.05, 0) is 47.9 Å². The Labute approximate surface area is 151 Å². The van der Waals surface area contributed by atoms with Gasteiger partial charge in [-0.25, -0.2) is 4.79 Å². The molecule has 0 aliphatic carbocycles. The SMILES string of the molecule is CCc1cc(N2CCN(Cc3cccc(OC)c3)C2=O)ccc1Br. The highest BCUT2D eigenvalue weighted by Crippen LogP contribution is 2.27. The molecule has 126 valence electrons. The zero-order valence-corrected chi connectivity index (χ0v) is 15.5. The Morgan fingerprint density at radius 3 is 2.75 bits per heavy atom. The Kier molecular flexibility index (Phi) is 5.09. The highest BCUT2D eigenvalue weighted by Gasteiger charge is 2.29. The van der Waals surface area contributed by atoms with E-state index in [1.165, 1.54) is 5.56 Å². The summed E-state index contributed by atoms with van der Waals surface area (Å²) in [5, 5.41) is 0. The van der Waals surface area contributed by atoms with Crippen LogP contribution in [0.2, 0.25) is 0 Å². The minimum Gasteiger partial charge on any atom is -0.497 e. The topological polar surface area (TPSA) is 32.8 Å². The molecule has 5 heteroatoms. The number of urea groups is 1. The van der Waals surface area contributed by atoms with Crippen LogP contribution in [-0.4, -0.2) is 31.1 Å². The molecule has 3 rings (SSSR count). The van der Waals surface area contributed by atoms with Crippen LogP contribution in [0.3, 0.4) is 0 Å². The van der Waals surface area contributed by atoms with Gasteiger partial charge in [-0.1, -0.05) is 35.0 Å². The molecule has 1 aliphatic heterocycles. The normalized spacial score (nSPS) is 14.4. The van der Waals surface area contributed by atoms with Crippen LogP contribution in [0.1, 0.15) is 18.1 Å². The first kappa shape index (κ1) is 16.8. The standard InChI is InChI=1S/C19H21BrN2O2/c1-3-15-12-16(7-8-18(15)20)22-10-9-21(19(22)23)13-14-5-4-6-17(11-14)24-2/h4-8,11-12H,3,9-10,13H2,1-2H3. The quantitative estimate of drug-likeness (QED) is 0.756. The Morgan fingerprint density at radius 1 is 1.17 bits per heavy atom. The second kappa shape index (κ2) is 7.26. The molecule has 0 unspecified atom stereocenters. The smallest absolute Gasteiger partial charge is 0.324 e. The molecule has 0 atom stereocenters. The average molecular weight is 389 g/mol. The number of aryl methyl sites for hydroxylation is 1. The van der Waals surface area contributed by atoms with Crippen LogP contribution in [0.5, 0.6) is 5.75 Å². The van der Waals surface area contributed by atoms with Gasteiger partial charge in [0.15, 0.2) is 0 Å². The van der Waals surface area contributed by atoms with Crippen molar-refractivity contribution >= 4 is 27.6 Å². The van der Waals surface area contributed by atoms with Gasteiger partial charge in [-0.3, -0.25) is 4.90 Å². The molecule has 0 saturated carbocycles. The Balaban J connectivity index is 1.75. The molecule has 0 bridgehead atoms. The summed E-state index contributed by atoms with van der Waals surface area (Å²) in [6, 6.07) is 14.0. The Morgan fingerprint density at radius 2 is 2.00 bits per heavy atom. The molecule has 2 aromatic carbocycles. The van der Waals surface area contributed by atoms with E-state index < -0.39 is 0 Å². The molecule has 24 heavy (non-hydrogen) atoms. The zero-order chi connectivity index (χ0) is 17.1.